The summed E-state index contributed by atoms with van der Waals surface area (Å²) < 4.78 is 18.8. The average molecular weight is 492 g/mol. The first-order valence-corrected chi connectivity index (χ1v) is 12.3. The van der Waals surface area contributed by atoms with Crippen LogP contribution in [0.1, 0.15) is 18.9 Å². The van der Waals surface area contributed by atoms with Crippen LogP contribution < -0.4 is 10.1 Å². The number of anilines is 1. The van der Waals surface area contributed by atoms with Gasteiger partial charge in [0.2, 0.25) is 11.8 Å². The van der Waals surface area contributed by atoms with Crippen LogP contribution in [-0.2, 0) is 16.0 Å². The van der Waals surface area contributed by atoms with Crippen molar-refractivity contribution in [2.45, 2.75) is 25.0 Å². The highest BCUT2D eigenvalue weighted by molar-refractivity contribution is 8.15. The summed E-state index contributed by atoms with van der Waals surface area (Å²) in [7, 11) is 0. The van der Waals surface area contributed by atoms with E-state index in [-0.39, 0.29) is 24.1 Å². The molecule has 1 atom stereocenters. The number of nitrogens with one attached hydrogen (secondary N) is 1. The van der Waals surface area contributed by atoms with Gasteiger partial charge < -0.3 is 10.1 Å². The van der Waals surface area contributed by atoms with Crippen molar-refractivity contribution < 1.29 is 18.7 Å². The van der Waals surface area contributed by atoms with E-state index in [1.54, 1.807) is 35.2 Å². The third-order valence-electron chi connectivity index (χ3n) is 5.36. The Balaban J connectivity index is 1.51. The van der Waals surface area contributed by atoms with Crippen LogP contribution in [0, 0.1) is 5.82 Å². The standard InChI is InChI=1S/C27H26FN3O3S/c1-2-34-23-10-6-9-22(17-23)29-26(33)24-18-25(32)31(16-15-19-11-13-20(28)14-12-19)27(35-24)30-21-7-4-3-5-8-21/h3-14,17,24H,2,15-16,18H2,1H3,(H,29,33). The van der Waals surface area contributed by atoms with Crippen LogP contribution in [0.3, 0.4) is 0 Å². The second-order valence-electron chi connectivity index (χ2n) is 7.91. The number of carbonyl (C=O) groups is 2. The number of thioether (sulfide) groups is 1. The van der Waals surface area contributed by atoms with E-state index in [1.807, 2.05) is 43.3 Å². The van der Waals surface area contributed by atoms with Gasteiger partial charge in [0.25, 0.3) is 0 Å². The molecule has 4 rings (SSSR count). The van der Waals surface area contributed by atoms with Crippen molar-refractivity contribution in [1.82, 2.24) is 4.90 Å². The molecule has 0 radical (unpaired) electrons. The van der Waals surface area contributed by atoms with Gasteiger partial charge in [-0.1, -0.05) is 48.2 Å². The van der Waals surface area contributed by atoms with Gasteiger partial charge in [0.15, 0.2) is 5.17 Å². The molecule has 1 aliphatic rings. The van der Waals surface area contributed by atoms with Gasteiger partial charge in [-0.05, 0) is 55.3 Å². The number of hydrogen-bond acceptors (Lipinski definition) is 5. The third-order valence-corrected chi connectivity index (χ3v) is 6.55. The summed E-state index contributed by atoms with van der Waals surface area (Å²) in [5.41, 5.74) is 2.21. The van der Waals surface area contributed by atoms with Crippen molar-refractivity contribution in [3.05, 3.63) is 90.2 Å². The number of aliphatic imine (C=N–C) groups is 1. The normalized spacial score (nSPS) is 16.9. The molecule has 0 aromatic heterocycles. The van der Waals surface area contributed by atoms with Crippen molar-refractivity contribution in [3.63, 3.8) is 0 Å². The number of amidine groups is 1. The highest BCUT2D eigenvalue weighted by atomic mass is 32.2. The Hall–Kier alpha value is -3.65. The van der Waals surface area contributed by atoms with E-state index in [1.165, 1.54) is 23.9 Å². The minimum atomic E-state index is -0.622. The maximum absolute atomic E-state index is 13.3. The van der Waals surface area contributed by atoms with E-state index in [2.05, 4.69) is 10.3 Å². The van der Waals surface area contributed by atoms with Gasteiger partial charge in [0.1, 0.15) is 16.8 Å². The van der Waals surface area contributed by atoms with E-state index >= 15 is 0 Å². The van der Waals surface area contributed by atoms with Gasteiger partial charge in [-0.25, -0.2) is 9.38 Å². The molecule has 180 valence electrons. The van der Waals surface area contributed by atoms with Crippen molar-refractivity contribution in [2.24, 2.45) is 4.99 Å². The lowest BCUT2D eigenvalue weighted by atomic mass is 10.1. The van der Waals surface area contributed by atoms with E-state index in [9.17, 15) is 14.0 Å². The molecule has 1 fully saturated rings. The molecule has 1 N–H and O–H groups in total. The van der Waals surface area contributed by atoms with Crippen LogP contribution in [-0.4, -0.2) is 40.3 Å². The monoisotopic (exact) mass is 491 g/mol. The fourth-order valence-corrected chi connectivity index (χ4v) is 4.74. The molecule has 1 unspecified atom stereocenters. The minimum absolute atomic E-state index is 0.0544. The van der Waals surface area contributed by atoms with Crippen LogP contribution in [0.25, 0.3) is 0 Å². The quantitative estimate of drug-likeness (QED) is 0.456. The first-order valence-electron chi connectivity index (χ1n) is 11.4. The Morgan fingerprint density at radius 1 is 1.11 bits per heavy atom. The highest BCUT2D eigenvalue weighted by Crippen LogP contribution is 2.30. The van der Waals surface area contributed by atoms with Gasteiger partial charge in [-0.3, -0.25) is 14.5 Å². The van der Waals surface area contributed by atoms with Gasteiger partial charge in [0, 0.05) is 24.7 Å². The molecule has 1 aliphatic heterocycles. The Labute approximate surface area is 208 Å². The number of amides is 2. The first-order chi connectivity index (χ1) is 17.0. The van der Waals surface area contributed by atoms with Gasteiger partial charge in [-0.15, -0.1) is 0 Å². The first kappa shape index (κ1) is 24.5. The largest absolute Gasteiger partial charge is 0.494 e. The van der Waals surface area contributed by atoms with Crippen LogP contribution in [0.4, 0.5) is 15.8 Å². The lowest BCUT2D eigenvalue weighted by molar-refractivity contribution is -0.129. The Morgan fingerprint density at radius 2 is 1.89 bits per heavy atom. The molecular weight excluding hydrogens is 465 g/mol. The molecule has 0 spiro atoms. The number of halogens is 1. The van der Waals surface area contributed by atoms with Crippen LogP contribution in [0.2, 0.25) is 0 Å². The molecule has 2 amide bonds. The number of nitrogens with zero attached hydrogens (tertiary/aromatic N) is 2. The van der Waals surface area contributed by atoms with Crippen molar-refractivity contribution in [2.75, 3.05) is 18.5 Å². The summed E-state index contributed by atoms with van der Waals surface area (Å²) in [6, 6.07) is 22.7. The van der Waals surface area contributed by atoms with E-state index in [0.717, 1.165) is 5.56 Å². The number of para-hydroxylation sites is 1. The lowest BCUT2D eigenvalue weighted by Crippen LogP contribution is -2.46. The zero-order chi connectivity index (χ0) is 24.6. The summed E-state index contributed by atoms with van der Waals surface area (Å²) in [5, 5.41) is 2.74. The molecule has 35 heavy (non-hydrogen) atoms. The van der Waals surface area contributed by atoms with Crippen LogP contribution in [0.5, 0.6) is 5.75 Å². The predicted octanol–water partition coefficient (Wildman–Crippen LogP) is 5.43. The molecule has 0 saturated carbocycles. The third kappa shape index (κ3) is 6.70. The van der Waals surface area contributed by atoms with Crippen molar-refractivity contribution in [1.29, 1.82) is 0 Å². The molecular formula is C27H26FN3O3S. The number of ether oxygens (including phenoxy) is 1. The van der Waals surface area contributed by atoms with Gasteiger partial charge >= 0.3 is 0 Å². The summed E-state index contributed by atoms with van der Waals surface area (Å²) >= 11 is 1.27. The van der Waals surface area contributed by atoms with E-state index in [4.69, 9.17) is 4.74 Å². The predicted molar refractivity (Wildman–Crippen MR) is 138 cm³/mol. The molecule has 1 heterocycles. The SMILES string of the molecule is CCOc1cccc(NC(=O)C2CC(=O)N(CCc3ccc(F)cc3)C(=Nc3ccccc3)S2)c1. The van der Waals surface area contributed by atoms with Crippen LogP contribution >= 0.6 is 11.8 Å². The summed E-state index contributed by atoms with van der Waals surface area (Å²) in [6.07, 6.45) is 0.598. The summed E-state index contributed by atoms with van der Waals surface area (Å²) in [4.78, 5) is 32.5. The topological polar surface area (TPSA) is 71.0 Å². The maximum Gasteiger partial charge on any atom is 0.238 e. The molecule has 6 nitrogen and oxygen atoms in total. The molecule has 1 saturated heterocycles. The molecule has 3 aromatic carbocycles. The molecule has 0 aliphatic carbocycles. The Bertz CT molecular complexity index is 1200. The van der Waals surface area contributed by atoms with Crippen molar-refractivity contribution >= 4 is 40.1 Å². The number of rotatable bonds is 8. The maximum atomic E-state index is 13.3. The fourth-order valence-electron chi connectivity index (χ4n) is 3.62. The second kappa shape index (κ2) is 11.7. The molecule has 8 heteroatoms. The van der Waals surface area contributed by atoms with E-state index < -0.39 is 5.25 Å². The minimum Gasteiger partial charge on any atom is -0.494 e. The average Bonchev–Trinajstić information content (AvgIpc) is 2.85. The summed E-state index contributed by atoms with van der Waals surface area (Å²) in [6.45, 7) is 2.80. The zero-order valence-electron chi connectivity index (χ0n) is 19.3. The smallest absolute Gasteiger partial charge is 0.238 e. The molecule has 0 bridgehead atoms. The highest BCUT2D eigenvalue weighted by Gasteiger charge is 2.35. The molecule has 3 aromatic rings. The number of carbonyl (C=O) groups excluding carboxylic acids is 2. The summed E-state index contributed by atoms with van der Waals surface area (Å²) in [5.74, 6) is -0.0824. The van der Waals surface area contributed by atoms with Crippen LogP contribution in [0.15, 0.2) is 83.9 Å². The Kier molecular flexibility index (Phi) is 8.15. The fraction of sp³-hybridized carbons (Fsp3) is 0.222. The Morgan fingerprint density at radius 3 is 2.63 bits per heavy atom. The van der Waals surface area contributed by atoms with E-state index in [0.29, 0.717) is 41.9 Å². The lowest BCUT2D eigenvalue weighted by Gasteiger charge is -2.32. The second-order valence-corrected chi connectivity index (χ2v) is 9.08. The van der Waals surface area contributed by atoms with Gasteiger partial charge in [0.05, 0.1) is 12.3 Å². The van der Waals surface area contributed by atoms with Gasteiger partial charge in [-0.2, -0.15) is 0 Å². The number of hydrogen-bond donors (Lipinski definition) is 1. The number of benzene rings is 3. The zero-order valence-corrected chi connectivity index (χ0v) is 20.1. The van der Waals surface area contributed by atoms with Crippen molar-refractivity contribution in [3.8, 4) is 5.75 Å².